The molecule has 2 aromatic heterocycles. The standard InChI is InChI=1S/C20H30N4O23P4/c25-11-1-5-23(19(31)21-11)17-15(29)13(27)9(43-17)3-7-41-48(33,34)45-50(37,38)47-51(39,40)46-49(35,36)42-8-4-10-14(28)16(30)18(44-10)24-6-2-12(26)22-20(24)32/h1-2,5-6,9-10,13-18,27-30H,3-4,7-8H2,(H,33,34)(H,35,36)(H,37,38)(H,39,40)(H,21,25,31)(H,22,26,32)/t9-,10?,13+,14+,15?,16?,17-,18-/m1/s1. The van der Waals surface area contributed by atoms with Gasteiger partial charge in [-0.1, -0.05) is 0 Å². The highest BCUT2D eigenvalue weighted by atomic mass is 31.3. The summed E-state index contributed by atoms with van der Waals surface area (Å²) in [5.41, 5.74) is -3.55. The SMILES string of the molecule is O=c1ccn([C@@H]2OC(CCOP(=O)(O)OP(=O)(O)OP(=O)(O)OP(=O)(O)OCC[C@H]3O[C@@H](n4ccc(=O)[nH]c4=O)C(O)[C@H]3O)[C@H](O)C2O)c(=O)[nH]1. The van der Waals surface area contributed by atoms with E-state index in [2.05, 4.69) is 22.0 Å². The van der Waals surface area contributed by atoms with Crippen molar-refractivity contribution in [3.05, 3.63) is 66.2 Å². The molecule has 31 heteroatoms. The second-order valence-electron chi connectivity index (χ2n) is 10.5. The third-order valence-corrected chi connectivity index (χ3v) is 12.8. The first-order valence-electron chi connectivity index (χ1n) is 13.9. The van der Waals surface area contributed by atoms with Gasteiger partial charge in [0, 0.05) is 37.4 Å². The number of nitrogens with zero attached hydrogens (tertiary/aromatic N) is 2. The molecule has 2 saturated heterocycles. The summed E-state index contributed by atoms with van der Waals surface area (Å²) in [5, 5.41) is 40.9. The summed E-state index contributed by atoms with van der Waals surface area (Å²) in [6, 6.07) is 1.84. The summed E-state index contributed by atoms with van der Waals surface area (Å²) in [5.74, 6) is 0. The smallest absolute Gasteiger partial charge is 0.388 e. The molecule has 0 radical (unpaired) electrons. The molecular formula is C20H30N4O23P4. The van der Waals surface area contributed by atoms with Crippen LogP contribution in [0.4, 0.5) is 0 Å². The fourth-order valence-corrected chi connectivity index (χ4v) is 9.64. The van der Waals surface area contributed by atoms with Crippen molar-refractivity contribution in [1.29, 1.82) is 0 Å². The van der Waals surface area contributed by atoms with Gasteiger partial charge in [0.2, 0.25) is 0 Å². The van der Waals surface area contributed by atoms with E-state index in [1.165, 1.54) is 0 Å². The van der Waals surface area contributed by atoms with E-state index in [1.807, 2.05) is 9.97 Å². The van der Waals surface area contributed by atoms with Crippen LogP contribution in [-0.4, -0.2) is 109 Å². The molecule has 0 saturated carbocycles. The van der Waals surface area contributed by atoms with Crippen LogP contribution in [0, 0.1) is 0 Å². The summed E-state index contributed by atoms with van der Waals surface area (Å²) in [7, 11) is -23.7. The van der Waals surface area contributed by atoms with E-state index in [4.69, 9.17) is 9.47 Å². The van der Waals surface area contributed by atoms with Gasteiger partial charge < -0.3 is 49.5 Å². The van der Waals surface area contributed by atoms with Crippen molar-refractivity contribution < 1.29 is 89.7 Å². The Balaban J connectivity index is 1.24. The number of aromatic amines is 2. The first-order chi connectivity index (χ1) is 23.5. The summed E-state index contributed by atoms with van der Waals surface area (Å²) in [6.07, 6.45) is -11.9. The number of hydrogen-bond donors (Lipinski definition) is 10. The minimum Gasteiger partial charge on any atom is -0.388 e. The van der Waals surface area contributed by atoms with Crippen LogP contribution in [0.15, 0.2) is 43.7 Å². The highest BCUT2D eigenvalue weighted by Crippen LogP contribution is 2.71. The molecule has 2 aliphatic heterocycles. The Kier molecular flexibility index (Phi) is 13.0. The molecule has 0 spiro atoms. The number of aliphatic hydroxyl groups is 4. The van der Waals surface area contributed by atoms with E-state index in [1.54, 1.807) is 0 Å². The fourth-order valence-electron chi connectivity index (χ4n) is 4.69. The number of rotatable bonds is 16. The molecule has 12 atom stereocenters. The molecule has 0 aromatic carbocycles. The maximum atomic E-state index is 12.2. The van der Waals surface area contributed by atoms with Crippen LogP contribution in [0.5, 0.6) is 0 Å². The Morgan fingerprint density at radius 3 is 1.25 bits per heavy atom. The lowest BCUT2D eigenvalue weighted by atomic mass is 10.1. The zero-order chi connectivity index (χ0) is 38.1. The number of nitrogens with one attached hydrogen (secondary N) is 2. The molecule has 2 aromatic rings. The normalized spacial score (nSPS) is 31.4. The Morgan fingerprint density at radius 1 is 0.588 bits per heavy atom. The van der Waals surface area contributed by atoms with Gasteiger partial charge in [-0.05, 0) is 0 Å². The number of ether oxygens (including phenoxy) is 2. The molecule has 2 aliphatic rings. The van der Waals surface area contributed by atoms with Crippen molar-refractivity contribution in [3.63, 3.8) is 0 Å². The average molecular weight is 818 g/mol. The van der Waals surface area contributed by atoms with Crippen molar-refractivity contribution in [2.45, 2.75) is 61.9 Å². The molecule has 27 nitrogen and oxygen atoms in total. The summed E-state index contributed by atoms with van der Waals surface area (Å²) < 4.78 is 81.1. The average Bonchev–Trinajstić information content (AvgIpc) is 3.40. The van der Waals surface area contributed by atoms with Crippen LogP contribution in [0.1, 0.15) is 25.3 Å². The zero-order valence-electron chi connectivity index (χ0n) is 25.1. The van der Waals surface area contributed by atoms with Gasteiger partial charge in [0.05, 0.1) is 25.4 Å². The van der Waals surface area contributed by atoms with E-state index in [9.17, 15) is 77.4 Å². The minimum atomic E-state index is -6.15. The van der Waals surface area contributed by atoms with Gasteiger partial charge in [0.15, 0.2) is 12.5 Å². The molecule has 0 aliphatic carbocycles. The summed E-state index contributed by atoms with van der Waals surface area (Å²) >= 11 is 0. The molecule has 288 valence electrons. The van der Waals surface area contributed by atoms with Gasteiger partial charge in [-0.25, -0.2) is 27.8 Å². The monoisotopic (exact) mass is 818 g/mol. The maximum Gasteiger partial charge on any atom is 0.490 e. The van der Waals surface area contributed by atoms with Crippen molar-refractivity contribution in [2.75, 3.05) is 13.2 Å². The van der Waals surface area contributed by atoms with Crippen molar-refractivity contribution >= 4 is 31.3 Å². The van der Waals surface area contributed by atoms with E-state index in [-0.39, 0.29) is 0 Å². The van der Waals surface area contributed by atoms with Crippen LogP contribution >= 0.6 is 31.3 Å². The molecule has 0 bridgehead atoms. The molecule has 0 amide bonds. The molecule has 2 fully saturated rings. The Bertz CT molecular complexity index is 1860. The van der Waals surface area contributed by atoms with Gasteiger partial charge in [-0.2, -0.15) is 12.9 Å². The fraction of sp³-hybridized carbons (Fsp3) is 0.600. The van der Waals surface area contributed by atoms with E-state index < -0.39 is 129 Å². The summed E-state index contributed by atoms with van der Waals surface area (Å²) in [6.45, 7) is -1.86. The zero-order valence-corrected chi connectivity index (χ0v) is 28.7. The Hall–Kier alpha value is -2.32. The largest absolute Gasteiger partial charge is 0.490 e. The first kappa shape index (κ1) is 41.4. The van der Waals surface area contributed by atoms with Crippen molar-refractivity contribution in [1.82, 2.24) is 19.1 Å². The molecule has 51 heavy (non-hydrogen) atoms. The highest BCUT2D eigenvalue weighted by molar-refractivity contribution is 7.69. The first-order valence-corrected chi connectivity index (χ1v) is 19.9. The predicted octanol–water partition coefficient (Wildman–Crippen LogP) is -3.41. The van der Waals surface area contributed by atoms with Gasteiger partial charge >= 0.3 is 42.7 Å². The minimum absolute atomic E-state index is 0.544. The van der Waals surface area contributed by atoms with E-state index >= 15 is 0 Å². The Morgan fingerprint density at radius 2 is 0.922 bits per heavy atom. The van der Waals surface area contributed by atoms with Gasteiger partial charge in [-0.15, -0.1) is 0 Å². The number of phosphoric acid groups is 4. The molecule has 7 unspecified atom stereocenters. The lowest BCUT2D eigenvalue weighted by Crippen LogP contribution is -2.37. The van der Waals surface area contributed by atoms with E-state index in [0.29, 0.717) is 0 Å². The van der Waals surface area contributed by atoms with Crippen LogP contribution in [-0.2, 0) is 49.7 Å². The predicted molar refractivity (Wildman–Crippen MR) is 158 cm³/mol. The molecule has 10 N–H and O–H groups in total. The maximum absolute atomic E-state index is 12.2. The Labute approximate surface area is 281 Å². The lowest BCUT2D eigenvalue weighted by Gasteiger charge is -2.20. The van der Waals surface area contributed by atoms with Crippen LogP contribution < -0.4 is 22.5 Å². The van der Waals surface area contributed by atoms with Crippen LogP contribution in [0.3, 0.4) is 0 Å². The second kappa shape index (κ2) is 16.0. The molecule has 4 rings (SSSR count). The van der Waals surface area contributed by atoms with Gasteiger partial charge in [-0.3, -0.25) is 37.7 Å². The van der Waals surface area contributed by atoms with Crippen LogP contribution in [0.2, 0.25) is 0 Å². The van der Waals surface area contributed by atoms with E-state index in [0.717, 1.165) is 33.7 Å². The summed E-state index contributed by atoms with van der Waals surface area (Å²) in [4.78, 5) is 89.2. The quantitative estimate of drug-likeness (QED) is 0.0738. The highest BCUT2D eigenvalue weighted by Gasteiger charge is 2.48. The van der Waals surface area contributed by atoms with Gasteiger partial charge in [0.1, 0.15) is 24.4 Å². The van der Waals surface area contributed by atoms with Crippen molar-refractivity contribution in [2.24, 2.45) is 0 Å². The van der Waals surface area contributed by atoms with Crippen LogP contribution in [0.25, 0.3) is 0 Å². The number of phosphoric ester groups is 2. The third kappa shape index (κ3) is 10.9. The number of hydrogen-bond acceptors (Lipinski definition) is 19. The van der Waals surface area contributed by atoms with Gasteiger partial charge in [0.25, 0.3) is 11.1 Å². The molecular weight excluding hydrogens is 788 g/mol. The van der Waals surface area contributed by atoms with Crippen molar-refractivity contribution in [3.8, 4) is 0 Å². The third-order valence-electron chi connectivity index (χ3n) is 6.86. The lowest BCUT2D eigenvalue weighted by molar-refractivity contribution is -0.0450. The number of aromatic nitrogens is 4. The molecule has 4 heterocycles. The number of H-pyrrole nitrogens is 2. The number of aliphatic hydroxyl groups excluding tert-OH is 4. The topological polar surface area (TPSA) is 404 Å². The second-order valence-corrected chi connectivity index (χ2v) is 16.7.